The zero-order chi connectivity index (χ0) is 15.8. The Morgan fingerprint density at radius 2 is 2.09 bits per heavy atom. The predicted molar refractivity (Wildman–Crippen MR) is 82.8 cm³/mol. The highest BCUT2D eigenvalue weighted by molar-refractivity contribution is 5.94. The fourth-order valence-corrected chi connectivity index (χ4v) is 2.89. The van der Waals surface area contributed by atoms with Gasteiger partial charge in [0, 0.05) is 24.7 Å². The van der Waals surface area contributed by atoms with Gasteiger partial charge in [-0.25, -0.2) is 9.37 Å². The molecule has 23 heavy (non-hydrogen) atoms. The first kappa shape index (κ1) is 13.6. The van der Waals surface area contributed by atoms with Gasteiger partial charge in [0.25, 0.3) is 0 Å². The number of aromatic nitrogens is 3. The molecule has 6 heteroatoms. The first-order valence-corrected chi connectivity index (χ1v) is 7.26. The average molecular weight is 308 g/mol. The molecule has 5 nitrogen and oxygen atoms in total. The van der Waals surface area contributed by atoms with E-state index in [4.69, 9.17) is 0 Å². The van der Waals surface area contributed by atoms with Crippen molar-refractivity contribution in [3.05, 3.63) is 72.2 Å². The van der Waals surface area contributed by atoms with Gasteiger partial charge in [-0.3, -0.25) is 14.3 Å². The molecular formula is C17H13FN4O. The normalized spacial score (nSPS) is 16.7. The van der Waals surface area contributed by atoms with Gasteiger partial charge >= 0.3 is 0 Å². The maximum absolute atomic E-state index is 14.1. The van der Waals surface area contributed by atoms with E-state index in [2.05, 4.69) is 15.3 Å². The van der Waals surface area contributed by atoms with Crippen LogP contribution in [0.25, 0.3) is 5.69 Å². The fraction of sp³-hybridized carbons (Fsp3) is 0.118. The number of hydrogen-bond acceptors (Lipinski definition) is 3. The van der Waals surface area contributed by atoms with Crippen molar-refractivity contribution in [3.8, 4) is 5.69 Å². The molecule has 0 saturated heterocycles. The van der Waals surface area contributed by atoms with E-state index in [0.717, 1.165) is 11.3 Å². The molecule has 0 spiro atoms. The third-order valence-corrected chi connectivity index (χ3v) is 3.97. The van der Waals surface area contributed by atoms with Crippen molar-refractivity contribution < 1.29 is 9.18 Å². The van der Waals surface area contributed by atoms with Crippen LogP contribution in [0.2, 0.25) is 0 Å². The lowest BCUT2D eigenvalue weighted by Gasteiger charge is -2.23. The van der Waals surface area contributed by atoms with Crippen LogP contribution in [0.3, 0.4) is 0 Å². The van der Waals surface area contributed by atoms with Crippen molar-refractivity contribution in [2.45, 2.75) is 12.3 Å². The summed E-state index contributed by atoms with van der Waals surface area (Å²) in [4.78, 5) is 20.6. The molecule has 3 aromatic rings. The highest BCUT2D eigenvalue weighted by Gasteiger charge is 2.31. The number of imidazole rings is 1. The number of para-hydroxylation sites is 1. The number of anilines is 1. The number of rotatable bonds is 2. The van der Waals surface area contributed by atoms with Crippen molar-refractivity contribution in [1.29, 1.82) is 0 Å². The van der Waals surface area contributed by atoms with Gasteiger partial charge in [0.2, 0.25) is 5.91 Å². The van der Waals surface area contributed by atoms with Crippen LogP contribution < -0.4 is 5.32 Å². The summed E-state index contributed by atoms with van der Waals surface area (Å²) >= 11 is 0. The van der Waals surface area contributed by atoms with E-state index in [1.165, 1.54) is 12.4 Å². The minimum absolute atomic E-state index is 0.121. The number of nitrogens with zero attached hydrogens (tertiary/aromatic N) is 3. The molecule has 114 valence electrons. The smallest absolute Gasteiger partial charge is 0.226 e. The van der Waals surface area contributed by atoms with Crippen molar-refractivity contribution in [3.63, 3.8) is 0 Å². The Balaban J connectivity index is 1.85. The molecule has 1 atom stereocenters. The molecule has 3 heterocycles. The van der Waals surface area contributed by atoms with E-state index < -0.39 is 0 Å². The summed E-state index contributed by atoms with van der Waals surface area (Å²) in [5, 5.41) is 2.81. The topological polar surface area (TPSA) is 59.8 Å². The van der Waals surface area contributed by atoms with Crippen molar-refractivity contribution >= 4 is 11.7 Å². The number of hydrogen-bond donors (Lipinski definition) is 1. The summed E-state index contributed by atoms with van der Waals surface area (Å²) in [6.07, 6.45) is 5.26. The lowest BCUT2D eigenvalue weighted by molar-refractivity contribution is -0.116. The van der Waals surface area contributed by atoms with E-state index in [1.807, 2.05) is 12.1 Å². The molecule has 0 saturated carbocycles. The number of carbonyl (C=O) groups is 1. The highest BCUT2D eigenvalue weighted by Crippen LogP contribution is 2.37. The number of pyridine rings is 1. The molecule has 2 aromatic heterocycles. The van der Waals surface area contributed by atoms with Gasteiger partial charge in [-0.15, -0.1) is 0 Å². The second-order valence-electron chi connectivity index (χ2n) is 5.39. The Labute approximate surface area is 131 Å². The summed E-state index contributed by atoms with van der Waals surface area (Å²) in [6, 6.07) is 10.1. The van der Waals surface area contributed by atoms with Crippen LogP contribution in [-0.2, 0) is 4.79 Å². The van der Waals surface area contributed by atoms with Crippen LogP contribution in [0.1, 0.15) is 23.6 Å². The molecule has 1 aliphatic heterocycles. The van der Waals surface area contributed by atoms with Crippen LogP contribution in [0.5, 0.6) is 0 Å². The Morgan fingerprint density at radius 1 is 1.22 bits per heavy atom. The molecule has 0 fully saturated rings. The quantitative estimate of drug-likeness (QED) is 0.792. The molecule has 1 aliphatic rings. The summed E-state index contributed by atoms with van der Waals surface area (Å²) in [6.45, 7) is 0. The van der Waals surface area contributed by atoms with Gasteiger partial charge in [-0.05, 0) is 23.8 Å². The predicted octanol–water partition coefficient (Wildman–Crippen LogP) is 2.88. The molecule has 0 bridgehead atoms. The monoisotopic (exact) mass is 308 g/mol. The Morgan fingerprint density at radius 3 is 2.87 bits per heavy atom. The minimum atomic E-state index is -0.370. The van der Waals surface area contributed by atoms with Gasteiger partial charge in [0.05, 0.1) is 11.4 Å². The summed E-state index contributed by atoms with van der Waals surface area (Å²) in [5.74, 6) is -0.157. The molecule has 1 N–H and O–H groups in total. The summed E-state index contributed by atoms with van der Waals surface area (Å²) in [5.41, 5.74) is 2.00. The van der Waals surface area contributed by atoms with Crippen LogP contribution in [0.4, 0.5) is 10.2 Å². The lowest BCUT2D eigenvalue weighted by Crippen LogP contribution is -2.25. The van der Waals surface area contributed by atoms with E-state index in [0.29, 0.717) is 17.9 Å². The Hall–Kier alpha value is -3.02. The zero-order valence-corrected chi connectivity index (χ0v) is 12.1. The first-order chi connectivity index (χ1) is 11.2. The van der Waals surface area contributed by atoms with E-state index in [9.17, 15) is 9.18 Å². The van der Waals surface area contributed by atoms with Crippen LogP contribution >= 0.6 is 0 Å². The van der Waals surface area contributed by atoms with Gasteiger partial charge in [-0.1, -0.05) is 18.2 Å². The van der Waals surface area contributed by atoms with Gasteiger partial charge in [0.1, 0.15) is 18.0 Å². The number of fused-ring (bicyclic) bond motifs is 1. The van der Waals surface area contributed by atoms with Gasteiger partial charge in [-0.2, -0.15) is 0 Å². The lowest BCUT2D eigenvalue weighted by atomic mass is 9.91. The summed E-state index contributed by atoms with van der Waals surface area (Å²) < 4.78 is 15.6. The van der Waals surface area contributed by atoms with Crippen LogP contribution in [0.15, 0.2) is 55.1 Å². The second-order valence-corrected chi connectivity index (χ2v) is 5.39. The average Bonchev–Trinajstić information content (AvgIpc) is 2.99. The standard InChI is InChI=1S/C17H13FN4O/c18-13-5-1-2-6-14(13)22-10-20-16-12(8-15(23)21-17(16)22)11-4-3-7-19-9-11/h1-7,9-10,12H,8H2,(H,21,23)/t12-/m1/s1. The molecule has 0 radical (unpaired) electrons. The third kappa shape index (κ3) is 2.28. The van der Waals surface area contributed by atoms with E-state index in [1.54, 1.807) is 35.2 Å². The number of halogens is 1. The molecule has 4 rings (SSSR count). The zero-order valence-electron chi connectivity index (χ0n) is 12.1. The Kier molecular flexibility index (Phi) is 3.15. The second kappa shape index (κ2) is 5.31. The molecular weight excluding hydrogens is 295 g/mol. The summed E-state index contributed by atoms with van der Waals surface area (Å²) in [7, 11) is 0. The SMILES string of the molecule is O=C1C[C@H](c2cccnc2)c2ncn(-c3ccccc3F)c2N1. The maximum atomic E-state index is 14.1. The van der Waals surface area contributed by atoms with Crippen molar-refractivity contribution in [2.75, 3.05) is 5.32 Å². The highest BCUT2D eigenvalue weighted by atomic mass is 19.1. The first-order valence-electron chi connectivity index (χ1n) is 7.26. The Bertz CT molecular complexity index is 875. The van der Waals surface area contributed by atoms with Crippen molar-refractivity contribution in [2.24, 2.45) is 0 Å². The minimum Gasteiger partial charge on any atom is -0.310 e. The largest absolute Gasteiger partial charge is 0.310 e. The van der Waals surface area contributed by atoms with Crippen LogP contribution in [0, 0.1) is 5.82 Å². The van der Waals surface area contributed by atoms with E-state index in [-0.39, 0.29) is 17.6 Å². The number of nitrogens with one attached hydrogen (secondary N) is 1. The van der Waals surface area contributed by atoms with Crippen molar-refractivity contribution in [1.82, 2.24) is 14.5 Å². The third-order valence-electron chi connectivity index (χ3n) is 3.97. The maximum Gasteiger partial charge on any atom is 0.226 e. The molecule has 1 aromatic carbocycles. The molecule has 0 unspecified atom stereocenters. The van der Waals surface area contributed by atoms with E-state index >= 15 is 0 Å². The number of benzene rings is 1. The van der Waals surface area contributed by atoms with Gasteiger partial charge < -0.3 is 5.32 Å². The molecule has 1 amide bonds. The number of carbonyl (C=O) groups excluding carboxylic acids is 1. The van der Waals surface area contributed by atoms with Crippen LogP contribution in [-0.4, -0.2) is 20.4 Å². The number of amides is 1. The van der Waals surface area contributed by atoms with Gasteiger partial charge in [0.15, 0.2) is 0 Å². The molecule has 0 aliphatic carbocycles. The fourth-order valence-electron chi connectivity index (χ4n) is 2.89.